The molecule has 0 radical (unpaired) electrons. The van der Waals surface area contributed by atoms with Gasteiger partial charge >= 0.3 is 0 Å². The summed E-state index contributed by atoms with van der Waals surface area (Å²) in [5.74, 6) is 0.188. The van der Waals surface area contributed by atoms with Crippen LogP contribution in [0, 0.1) is 0 Å². The number of hydrogen-bond acceptors (Lipinski definition) is 2. The molecule has 0 spiro atoms. The van der Waals surface area contributed by atoms with Gasteiger partial charge in [-0.2, -0.15) is 0 Å². The van der Waals surface area contributed by atoms with Gasteiger partial charge in [0.25, 0.3) is 0 Å². The highest BCUT2D eigenvalue weighted by Crippen LogP contribution is 2.23. The lowest BCUT2D eigenvalue weighted by Gasteiger charge is -2.33. The Bertz CT molecular complexity index is 907. The minimum absolute atomic E-state index is 0.0290. The van der Waals surface area contributed by atoms with E-state index in [2.05, 4.69) is 57.0 Å². The number of aromatic nitrogens is 1. The molecule has 0 unspecified atom stereocenters. The Kier molecular flexibility index (Phi) is 5.09. The van der Waals surface area contributed by atoms with Crippen LogP contribution in [0.4, 0.5) is 0 Å². The zero-order chi connectivity index (χ0) is 17.9. The fourth-order valence-electron chi connectivity index (χ4n) is 3.49. The molecule has 1 atom stereocenters. The number of fused-ring (bicyclic) bond motifs is 1. The quantitative estimate of drug-likeness (QED) is 0.636. The van der Waals surface area contributed by atoms with Crippen molar-refractivity contribution in [3.05, 3.63) is 70.8 Å². The third-order valence-electron chi connectivity index (χ3n) is 4.89. The number of carbonyl (C=O) groups is 1. The van der Waals surface area contributed by atoms with E-state index >= 15 is 0 Å². The van der Waals surface area contributed by atoms with Crippen molar-refractivity contribution >= 4 is 32.7 Å². The van der Waals surface area contributed by atoms with Gasteiger partial charge in [0.1, 0.15) is 6.10 Å². The van der Waals surface area contributed by atoms with E-state index in [0.717, 1.165) is 15.6 Å². The molecule has 1 fully saturated rings. The molecule has 0 bridgehead atoms. The topological polar surface area (TPSA) is 34.5 Å². The summed E-state index contributed by atoms with van der Waals surface area (Å²) in [4.78, 5) is 14.6. The lowest BCUT2D eigenvalue weighted by Crippen LogP contribution is -2.42. The molecule has 4 nitrogen and oxygen atoms in total. The van der Waals surface area contributed by atoms with Gasteiger partial charge in [0.05, 0.1) is 13.2 Å². The van der Waals surface area contributed by atoms with Gasteiger partial charge in [-0.1, -0.05) is 46.3 Å². The van der Waals surface area contributed by atoms with Crippen molar-refractivity contribution in [1.82, 2.24) is 9.47 Å². The first-order chi connectivity index (χ1) is 12.7. The zero-order valence-electron chi connectivity index (χ0n) is 14.5. The van der Waals surface area contributed by atoms with Crippen LogP contribution in [0.15, 0.2) is 65.3 Å². The second-order valence-corrected chi connectivity index (χ2v) is 7.49. The van der Waals surface area contributed by atoms with Crippen LogP contribution >= 0.6 is 15.9 Å². The summed E-state index contributed by atoms with van der Waals surface area (Å²) in [6, 6.07) is 18.4. The van der Waals surface area contributed by atoms with Gasteiger partial charge in [-0.05, 0) is 29.8 Å². The van der Waals surface area contributed by atoms with Crippen LogP contribution < -0.4 is 0 Å². The fourth-order valence-corrected chi connectivity index (χ4v) is 3.86. The van der Waals surface area contributed by atoms with E-state index in [1.165, 1.54) is 5.39 Å². The van der Waals surface area contributed by atoms with Gasteiger partial charge in [-0.3, -0.25) is 4.79 Å². The number of halogens is 1. The fraction of sp³-hybridized carbons (Fsp3) is 0.286. The van der Waals surface area contributed by atoms with Crippen LogP contribution in [0.2, 0.25) is 0 Å². The molecule has 1 amide bonds. The molecule has 2 aromatic carbocycles. The number of benzene rings is 2. The van der Waals surface area contributed by atoms with Crippen molar-refractivity contribution in [2.45, 2.75) is 19.1 Å². The molecule has 5 heteroatoms. The third kappa shape index (κ3) is 3.69. The van der Waals surface area contributed by atoms with Crippen LogP contribution in [-0.4, -0.2) is 35.1 Å². The van der Waals surface area contributed by atoms with Gasteiger partial charge in [0, 0.05) is 41.1 Å². The van der Waals surface area contributed by atoms with E-state index in [1.807, 2.05) is 29.2 Å². The van der Waals surface area contributed by atoms with Gasteiger partial charge in [-0.15, -0.1) is 0 Å². The summed E-state index contributed by atoms with van der Waals surface area (Å²) < 4.78 is 9.08. The first-order valence-electron chi connectivity index (χ1n) is 8.89. The third-order valence-corrected chi connectivity index (χ3v) is 5.38. The van der Waals surface area contributed by atoms with Gasteiger partial charge in [-0.25, -0.2) is 0 Å². The maximum absolute atomic E-state index is 12.7. The summed E-state index contributed by atoms with van der Waals surface area (Å²) in [7, 11) is 0. The number of hydrogen-bond donors (Lipinski definition) is 0. The SMILES string of the molecule is O=C(CCn1ccc2cc(Br)ccc21)N1CCO[C@@H](c2ccccc2)C1. The number of nitrogens with zero attached hydrogens (tertiary/aromatic N) is 2. The largest absolute Gasteiger partial charge is 0.370 e. The summed E-state index contributed by atoms with van der Waals surface area (Å²) in [5, 5.41) is 1.18. The van der Waals surface area contributed by atoms with Gasteiger partial charge in [0.15, 0.2) is 0 Å². The predicted molar refractivity (Wildman–Crippen MR) is 106 cm³/mol. The number of rotatable bonds is 4. The Labute approximate surface area is 161 Å². The standard InChI is InChI=1S/C21H21BrN2O2/c22-18-6-7-19-17(14-18)8-10-23(19)11-9-21(25)24-12-13-26-20(15-24)16-4-2-1-3-5-16/h1-8,10,14,20H,9,11-13,15H2/t20-/m1/s1. The van der Waals surface area contributed by atoms with E-state index in [1.54, 1.807) is 0 Å². The Morgan fingerprint density at radius 1 is 1.15 bits per heavy atom. The number of carbonyl (C=O) groups excluding carboxylic acids is 1. The minimum atomic E-state index is -0.0290. The Morgan fingerprint density at radius 3 is 2.85 bits per heavy atom. The monoisotopic (exact) mass is 412 g/mol. The highest BCUT2D eigenvalue weighted by Gasteiger charge is 2.25. The minimum Gasteiger partial charge on any atom is -0.370 e. The van der Waals surface area contributed by atoms with Crippen LogP contribution in [0.3, 0.4) is 0 Å². The van der Waals surface area contributed by atoms with E-state index in [4.69, 9.17) is 4.74 Å². The molecule has 2 heterocycles. The number of amides is 1. The molecule has 1 aliphatic heterocycles. The summed E-state index contributed by atoms with van der Waals surface area (Å²) >= 11 is 3.50. The first-order valence-corrected chi connectivity index (χ1v) is 9.69. The molecule has 0 aliphatic carbocycles. The molecule has 0 N–H and O–H groups in total. The summed E-state index contributed by atoms with van der Waals surface area (Å²) in [6.45, 7) is 2.58. The number of aryl methyl sites for hydroxylation is 1. The van der Waals surface area contributed by atoms with E-state index in [9.17, 15) is 4.79 Å². The molecule has 3 aromatic rings. The van der Waals surface area contributed by atoms with Crippen molar-refractivity contribution < 1.29 is 9.53 Å². The Hall–Kier alpha value is -2.11. The van der Waals surface area contributed by atoms with Gasteiger partial charge < -0.3 is 14.2 Å². The smallest absolute Gasteiger partial charge is 0.224 e. The molecular formula is C21H21BrN2O2. The molecule has 4 rings (SSSR count). The van der Waals surface area contributed by atoms with Crippen molar-refractivity contribution in [3.8, 4) is 0 Å². The average Bonchev–Trinajstić information content (AvgIpc) is 3.09. The summed E-state index contributed by atoms with van der Waals surface area (Å²) in [6.07, 6.45) is 2.52. The zero-order valence-corrected chi connectivity index (χ0v) is 16.1. The molecular weight excluding hydrogens is 392 g/mol. The van der Waals surface area contributed by atoms with Crippen LogP contribution in [0.5, 0.6) is 0 Å². The van der Waals surface area contributed by atoms with E-state index in [0.29, 0.717) is 32.7 Å². The van der Waals surface area contributed by atoms with Crippen molar-refractivity contribution in [2.75, 3.05) is 19.7 Å². The molecule has 0 saturated carbocycles. The maximum Gasteiger partial charge on any atom is 0.224 e. The van der Waals surface area contributed by atoms with Crippen LogP contribution in [0.1, 0.15) is 18.1 Å². The van der Waals surface area contributed by atoms with E-state index < -0.39 is 0 Å². The highest BCUT2D eigenvalue weighted by atomic mass is 79.9. The van der Waals surface area contributed by atoms with E-state index in [-0.39, 0.29) is 12.0 Å². The predicted octanol–water partition coefficient (Wildman–Crippen LogP) is 4.39. The van der Waals surface area contributed by atoms with Gasteiger partial charge in [0.2, 0.25) is 5.91 Å². The number of morpholine rings is 1. The van der Waals surface area contributed by atoms with Crippen molar-refractivity contribution in [3.63, 3.8) is 0 Å². The second kappa shape index (κ2) is 7.64. The molecule has 1 aromatic heterocycles. The second-order valence-electron chi connectivity index (χ2n) is 6.57. The Balaban J connectivity index is 1.39. The highest BCUT2D eigenvalue weighted by molar-refractivity contribution is 9.10. The van der Waals surface area contributed by atoms with Crippen molar-refractivity contribution in [2.24, 2.45) is 0 Å². The first kappa shape index (κ1) is 17.3. The average molecular weight is 413 g/mol. The van der Waals surface area contributed by atoms with Crippen LogP contribution in [0.25, 0.3) is 10.9 Å². The molecule has 134 valence electrons. The number of ether oxygens (including phenoxy) is 1. The molecule has 1 saturated heterocycles. The molecule has 26 heavy (non-hydrogen) atoms. The van der Waals surface area contributed by atoms with Crippen LogP contribution in [-0.2, 0) is 16.1 Å². The maximum atomic E-state index is 12.7. The summed E-state index contributed by atoms with van der Waals surface area (Å²) in [5.41, 5.74) is 2.29. The molecule has 1 aliphatic rings. The van der Waals surface area contributed by atoms with Crippen molar-refractivity contribution in [1.29, 1.82) is 0 Å². The normalized spacial score (nSPS) is 17.6. The Morgan fingerprint density at radius 2 is 2.00 bits per heavy atom. The lowest BCUT2D eigenvalue weighted by atomic mass is 10.1. The lowest BCUT2D eigenvalue weighted by molar-refractivity contribution is -0.139.